The van der Waals surface area contributed by atoms with Crippen molar-refractivity contribution >= 4 is 16.7 Å². The fraction of sp³-hybridized carbons (Fsp3) is 0.227. The second-order valence-electron chi connectivity index (χ2n) is 7.10. The Hall–Kier alpha value is -3.45. The van der Waals surface area contributed by atoms with Crippen LogP contribution in [0, 0.1) is 0 Å². The molecule has 0 aliphatic rings. The number of rotatable bonds is 6. The van der Waals surface area contributed by atoms with Crippen LogP contribution in [0.2, 0.25) is 0 Å². The molecule has 5 aromatic heterocycles. The van der Waals surface area contributed by atoms with E-state index in [1.165, 1.54) is 11.1 Å². The second kappa shape index (κ2) is 7.18. The molecular formula is C22H22N6O. The van der Waals surface area contributed by atoms with Crippen molar-refractivity contribution in [2.45, 2.75) is 20.1 Å². The fourth-order valence-corrected chi connectivity index (χ4v) is 3.59. The van der Waals surface area contributed by atoms with Crippen molar-refractivity contribution in [1.82, 2.24) is 28.7 Å². The minimum atomic E-state index is 0.612. The molecule has 7 heteroatoms. The monoisotopic (exact) mass is 386 g/mol. The fourth-order valence-electron chi connectivity index (χ4n) is 3.59. The number of nitrogens with zero attached hydrogens (tertiary/aromatic N) is 6. The van der Waals surface area contributed by atoms with E-state index in [4.69, 9.17) is 9.72 Å². The number of aromatic nitrogens is 6. The van der Waals surface area contributed by atoms with Crippen molar-refractivity contribution < 1.29 is 4.74 Å². The summed E-state index contributed by atoms with van der Waals surface area (Å²) in [5.41, 5.74) is 7.05. The molecule has 5 heterocycles. The van der Waals surface area contributed by atoms with Crippen LogP contribution in [-0.2, 0) is 24.9 Å². The summed E-state index contributed by atoms with van der Waals surface area (Å²) in [7, 11) is 1.90. The first-order valence-corrected chi connectivity index (χ1v) is 9.69. The van der Waals surface area contributed by atoms with Crippen molar-refractivity contribution in [3.63, 3.8) is 0 Å². The lowest BCUT2D eigenvalue weighted by atomic mass is 10.2. The van der Waals surface area contributed by atoms with Gasteiger partial charge in [-0.1, -0.05) is 6.07 Å². The van der Waals surface area contributed by atoms with Crippen LogP contribution < -0.4 is 0 Å². The molecule has 0 saturated carbocycles. The lowest BCUT2D eigenvalue weighted by Gasteiger charge is -2.09. The van der Waals surface area contributed by atoms with Crippen molar-refractivity contribution in [2.24, 2.45) is 7.05 Å². The standard InChI is InChI=1S/C22H22N6O/c1-3-29-15-19-7-6-18-5-4-16(13-28(18)19)12-27-9-8-20-22(27)25-21(11-23-20)17-10-24-26(2)14-17/h4-11,13-14H,3,12,15H2,1-2H3. The number of pyridine rings is 1. The third kappa shape index (κ3) is 3.30. The van der Waals surface area contributed by atoms with Gasteiger partial charge in [0.1, 0.15) is 5.52 Å². The summed E-state index contributed by atoms with van der Waals surface area (Å²) in [6, 6.07) is 10.5. The van der Waals surface area contributed by atoms with Crippen molar-refractivity contribution in [1.29, 1.82) is 0 Å². The van der Waals surface area contributed by atoms with Gasteiger partial charge in [0.2, 0.25) is 0 Å². The Kier molecular flexibility index (Phi) is 4.37. The molecule has 0 unspecified atom stereocenters. The first-order chi connectivity index (χ1) is 14.2. The second-order valence-corrected chi connectivity index (χ2v) is 7.10. The Morgan fingerprint density at radius 3 is 2.76 bits per heavy atom. The van der Waals surface area contributed by atoms with Gasteiger partial charge in [0.05, 0.1) is 31.2 Å². The zero-order valence-corrected chi connectivity index (χ0v) is 16.5. The van der Waals surface area contributed by atoms with Gasteiger partial charge in [0, 0.05) is 49.0 Å². The van der Waals surface area contributed by atoms with Crippen LogP contribution in [0.15, 0.2) is 61.3 Å². The van der Waals surface area contributed by atoms with Crippen LogP contribution in [0.1, 0.15) is 18.2 Å². The van der Waals surface area contributed by atoms with E-state index in [-0.39, 0.29) is 0 Å². The maximum Gasteiger partial charge on any atom is 0.159 e. The lowest BCUT2D eigenvalue weighted by Crippen LogP contribution is -2.03. The van der Waals surface area contributed by atoms with Crippen LogP contribution in [0.4, 0.5) is 0 Å². The van der Waals surface area contributed by atoms with Gasteiger partial charge >= 0.3 is 0 Å². The van der Waals surface area contributed by atoms with Crippen molar-refractivity contribution in [3.05, 3.63) is 72.6 Å². The molecule has 5 rings (SSSR count). The first-order valence-electron chi connectivity index (χ1n) is 9.69. The third-order valence-corrected chi connectivity index (χ3v) is 5.07. The minimum absolute atomic E-state index is 0.612. The van der Waals surface area contributed by atoms with Crippen LogP contribution in [0.3, 0.4) is 0 Å². The molecule has 0 aliphatic heterocycles. The van der Waals surface area contributed by atoms with Gasteiger partial charge in [0.15, 0.2) is 5.65 Å². The van der Waals surface area contributed by atoms with Gasteiger partial charge in [-0.25, -0.2) is 4.98 Å². The molecule has 0 aromatic carbocycles. The summed E-state index contributed by atoms with van der Waals surface area (Å²) in [6.45, 7) is 4.05. The highest BCUT2D eigenvalue weighted by atomic mass is 16.5. The number of aryl methyl sites for hydroxylation is 1. The highest BCUT2D eigenvalue weighted by Crippen LogP contribution is 2.21. The summed E-state index contributed by atoms with van der Waals surface area (Å²) in [6.07, 6.45) is 9.77. The van der Waals surface area contributed by atoms with E-state index in [9.17, 15) is 0 Å². The molecule has 0 bridgehead atoms. The highest BCUT2D eigenvalue weighted by Gasteiger charge is 2.10. The minimum Gasteiger partial charge on any atom is -0.376 e. The maximum atomic E-state index is 5.60. The largest absolute Gasteiger partial charge is 0.376 e. The Morgan fingerprint density at radius 1 is 1.03 bits per heavy atom. The zero-order chi connectivity index (χ0) is 19.8. The average molecular weight is 386 g/mol. The van der Waals surface area contributed by atoms with E-state index in [1.807, 2.05) is 38.6 Å². The number of hydrogen-bond acceptors (Lipinski definition) is 4. The topological polar surface area (TPSA) is 62.2 Å². The molecule has 0 fully saturated rings. The van der Waals surface area contributed by atoms with Gasteiger partial charge in [-0.15, -0.1) is 0 Å². The van der Waals surface area contributed by atoms with E-state index in [0.717, 1.165) is 34.7 Å². The van der Waals surface area contributed by atoms with Gasteiger partial charge < -0.3 is 13.7 Å². The average Bonchev–Trinajstić information content (AvgIpc) is 3.45. The van der Waals surface area contributed by atoms with Crippen molar-refractivity contribution in [3.8, 4) is 11.3 Å². The lowest BCUT2D eigenvalue weighted by molar-refractivity contribution is 0.131. The molecule has 7 nitrogen and oxygen atoms in total. The molecule has 0 saturated heterocycles. The Balaban J connectivity index is 1.49. The van der Waals surface area contributed by atoms with Gasteiger partial charge in [-0.05, 0) is 36.8 Å². The molecule has 29 heavy (non-hydrogen) atoms. The molecule has 0 atom stereocenters. The number of ether oxygens (including phenoxy) is 1. The van der Waals surface area contributed by atoms with E-state index < -0.39 is 0 Å². The predicted molar refractivity (Wildman–Crippen MR) is 112 cm³/mol. The SMILES string of the molecule is CCOCc1ccc2ccc(Cn3ccc4ncc(-c5cnn(C)c5)nc43)cn12. The number of fused-ring (bicyclic) bond motifs is 2. The quantitative estimate of drug-likeness (QED) is 0.447. The maximum absolute atomic E-state index is 5.60. The summed E-state index contributed by atoms with van der Waals surface area (Å²) in [5.74, 6) is 0. The Morgan fingerprint density at radius 2 is 1.93 bits per heavy atom. The zero-order valence-electron chi connectivity index (χ0n) is 16.5. The van der Waals surface area contributed by atoms with E-state index >= 15 is 0 Å². The molecule has 0 aliphatic carbocycles. The third-order valence-electron chi connectivity index (χ3n) is 5.07. The smallest absolute Gasteiger partial charge is 0.159 e. The van der Waals surface area contributed by atoms with Crippen LogP contribution in [0.25, 0.3) is 27.9 Å². The van der Waals surface area contributed by atoms with E-state index in [2.05, 4.69) is 49.5 Å². The van der Waals surface area contributed by atoms with E-state index in [0.29, 0.717) is 13.2 Å². The Bertz CT molecular complexity index is 1300. The molecule has 0 N–H and O–H groups in total. The molecule has 5 aromatic rings. The molecular weight excluding hydrogens is 364 g/mol. The summed E-state index contributed by atoms with van der Waals surface area (Å²) < 4.78 is 11.7. The number of hydrogen-bond donors (Lipinski definition) is 0. The van der Waals surface area contributed by atoms with Crippen LogP contribution in [0.5, 0.6) is 0 Å². The van der Waals surface area contributed by atoms with Crippen LogP contribution in [-0.4, -0.2) is 35.3 Å². The first kappa shape index (κ1) is 17.6. The summed E-state index contributed by atoms with van der Waals surface area (Å²) in [4.78, 5) is 9.42. The van der Waals surface area contributed by atoms with Gasteiger partial charge in [-0.3, -0.25) is 9.67 Å². The van der Waals surface area contributed by atoms with E-state index in [1.54, 1.807) is 10.9 Å². The highest BCUT2D eigenvalue weighted by molar-refractivity contribution is 5.74. The summed E-state index contributed by atoms with van der Waals surface area (Å²) >= 11 is 0. The van der Waals surface area contributed by atoms with Gasteiger partial charge in [-0.2, -0.15) is 5.10 Å². The molecule has 0 amide bonds. The van der Waals surface area contributed by atoms with Crippen molar-refractivity contribution in [2.75, 3.05) is 6.61 Å². The predicted octanol–water partition coefficient (Wildman–Crippen LogP) is 3.67. The normalized spacial score (nSPS) is 11.7. The Labute approximate surface area is 168 Å². The summed E-state index contributed by atoms with van der Waals surface area (Å²) in [5, 5.41) is 4.23. The molecule has 0 spiro atoms. The van der Waals surface area contributed by atoms with Crippen LogP contribution >= 0.6 is 0 Å². The van der Waals surface area contributed by atoms with Gasteiger partial charge in [0.25, 0.3) is 0 Å². The molecule has 0 radical (unpaired) electrons. The molecule has 146 valence electrons.